The van der Waals surface area contributed by atoms with Crippen LogP contribution in [0.25, 0.3) is 0 Å². The van der Waals surface area contributed by atoms with Crippen molar-refractivity contribution >= 4 is 5.97 Å². The van der Waals surface area contributed by atoms with E-state index >= 15 is 0 Å². The van der Waals surface area contributed by atoms with E-state index in [-0.39, 0.29) is 0 Å². The Labute approximate surface area is 79.2 Å². The summed E-state index contributed by atoms with van der Waals surface area (Å²) in [7, 11) is 0. The molecule has 0 spiro atoms. The maximum Gasteiger partial charge on any atom is 0.338 e. The molecule has 0 saturated carbocycles. The number of cyclic esters (lactones) is 1. The van der Waals surface area contributed by atoms with Gasteiger partial charge in [0.1, 0.15) is 18.3 Å². The van der Waals surface area contributed by atoms with Gasteiger partial charge in [0, 0.05) is 0 Å². The van der Waals surface area contributed by atoms with Crippen molar-refractivity contribution in [3.63, 3.8) is 0 Å². The van der Waals surface area contributed by atoms with Gasteiger partial charge in [-0.3, -0.25) is 0 Å². The van der Waals surface area contributed by atoms with Gasteiger partial charge in [0.15, 0.2) is 12.2 Å². The van der Waals surface area contributed by atoms with Crippen LogP contribution in [0.15, 0.2) is 0 Å². The van der Waals surface area contributed by atoms with Crippen LogP contribution in [-0.4, -0.2) is 68.6 Å². The van der Waals surface area contributed by atoms with Crippen LogP contribution >= 0.6 is 0 Å². The molecule has 14 heavy (non-hydrogen) atoms. The molecule has 1 fully saturated rings. The lowest BCUT2D eigenvalue weighted by molar-refractivity contribution is -0.155. The molecule has 0 radical (unpaired) electrons. The summed E-state index contributed by atoms with van der Waals surface area (Å²) >= 11 is 0. The summed E-state index contributed by atoms with van der Waals surface area (Å²) in [6.45, 7) is -0.738. The second-order valence-electron chi connectivity index (χ2n) is 3.08. The quantitative estimate of drug-likeness (QED) is 0.302. The Morgan fingerprint density at radius 3 is 2.29 bits per heavy atom. The zero-order chi connectivity index (χ0) is 10.9. The molecule has 1 aliphatic heterocycles. The Bertz CT molecular complexity index is 218. The average molecular weight is 208 g/mol. The van der Waals surface area contributed by atoms with Crippen molar-refractivity contribution in [3.8, 4) is 0 Å². The molecule has 0 aliphatic carbocycles. The normalized spacial score (nSPS) is 36.6. The molecule has 0 amide bonds. The highest BCUT2D eigenvalue weighted by Gasteiger charge is 2.47. The highest BCUT2D eigenvalue weighted by molar-refractivity contribution is 5.77. The van der Waals surface area contributed by atoms with Crippen molar-refractivity contribution < 1.29 is 35.1 Å². The summed E-state index contributed by atoms with van der Waals surface area (Å²) in [5.74, 6) is -1.06. The van der Waals surface area contributed by atoms with E-state index in [1.54, 1.807) is 0 Å². The number of carbonyl (C=O) groups is 1. The van der Waals surface area contributed by atoms with Gasteiger partial charge in [-0.15, -0.1) is 0 Å². The third kappa shape index (κ3) is 1.86. The first-order valence-corrected chi connectivity index (χ1v) is 4.02. The second-order valence-corrected chi connectivity index (χ2v) is 3.08. The first-order chi connectivity index (χ1) is 6.49. The number of carbonyl (C=O) groups excluding carboxylic acids is 1. The molecule has 5 atom stereocenters. The molecule has 5 N–H and O–H groups in total. The van der Waals surface area contributed by atoms with Crippen molar-refractivity contribution in [1.82, 2.24) is 0 Å². The molecule has 1 aliphatic rings. The topological polar surface area (TPSA) is 127 Å². The summed E-state index contributed by atoms with van der Waals surface area (Å²) in [4.78, 5) is 10.7. The summed E-state index contributed by atoms with van der Waals surface area (Å²) in [5.41, 5.74) is 0. The molecule has 1 saturated heterocycles. The summed E-state index contributed by atoms with van der Waals surface area (Å²) in [6, 6.07) is 0. The van der Waals surface area contributed by atoms with E-state index in [2.05, 4.69) is 4.74 Å². The predicted molar refractivity (Wildman–Crippen MR) is 41.0 cm³/mol. The van der Waals surface area contributed by atoms with E-state index in [4.69, 9.17) is 15.3 Å². The highest BCUT2D eigenvalue weighted by atomic mass is 16.6. The Morgan fingerprint density at radius 1 is 1.36 bits per heavy atom. The van der Waals surface area contributed by atoms with E-state index in [0.717, 1.165) is 0 Å². The van der Waals surface area contributed by atoms with Crippen molar-refractivity contribution in [2.75, 3.05) is 6.61 Å². The molecule has 1 rings (SSSR count). The van der Waals surface area contributed by atoms with Gasteiger partial charge in [0.05, 0.1) is 6.61 Å². The third-order valence-electron chi connectivity index (χ3n) is 2.07. The SMILES string of the molecule is O=C1O[C@@H]([C@@H](O)[C@H](O)CO)C(O)C1O. The Hall–Kier alpha value is -0.730. The maximum absolute atomic E-state index is 10.7. The Kier molecular flexibility index (Phi) is 3.40. The monoisotopic (exact) mass is 208 g/mol. The number of hydrogen-bond acceptors (Lipinski definition) is 7. The third-order valence-corrected chi connectivity index (χ3v) is 2.07. The van der Waals surface area contributed by atoms with Gasteiger partial charge >= 0.3 is 5.97 Å². The van der Waals surface area contributed by atoms with Gasteiger partial charge in [-0.2, -0.15) is 0 Å². The fourth-order valence-corrected chi connectivity index (χ4v) is 1.19. The number of rotatable bonds is 3. The van der Waals surface area contributed by atoms with Crippen LogP contribution < -0.4 is 0 Å². The van der Waals surface area contributed by atoms with Gasteiger partial charge in [-0.25, -0.2) is 4.79 Å². The van der Waals surface area contributed by atoms with Gasteiger partial charge < -0.3 is 30.3 Å². The molecule has 1 heterocycles. The van der Waals surface area contributed by atoms with Crippen LogP contribution in [0.4, 0.5) is 0 Å². The van der Waals surface area contributed by atoms with E-state index in [1.165, 1.54) is 0 Å². The van der Waals surface area contributed by atoms with Crippen LogP contribution in [-0.2, 0) is 9.53 Å². The molecule has 0 aromatic carbocycles. The van der Waals surface area contributed by atoms with Gasteiger partial charge in [0.2, 0.25) is 0 Å². The highest BCUT2D eigenvalue weighted by Crippen LogP contribution is 2.20. The minimum absolute atomic E-state index is 0.738. The number of ether oxygens (including phenoxy) is 1. The molecule has 0 aromatic heterocycles. The number of esters is 1. The van der Waals surface area contributed by atoms with Crippen LogP contribution in [0.1, 0.15) is 0 Å². The first kappa shape index (κ1) is 11.3. The van der Waals surface area contributed by atoms with E-state index in [1.807, 2.05) is 0 Å². The van der Waals surface area contributed by atoms with Crippen molar-refractivity contribution in [2.24, 2.45) is 0 Å². The Balaban J connectivity index is 2.66. The summed E-state index contributed by atoms with van der Waals surface area (Å²) in [5, 5.41) is 44.9. The lowest BCUT2D eigenvalue weighted by Gasteiger charge is -2.23. The molecule has 0 bridgehead atoms. The largest absolute Gasteiger partial charge is 0.455 e. The minimum Gasteiger partial charge on any atom is -0.455 e. The zero-order valence-electron chi connectivity index (χ0n) is 7.15. The smallest absolute Gasteiger partial charge is 0.338 e. The van der Waals surface area contributed by atoms with E-state index in [0.29, 0.717) is 0 Å². The molecule has 7 heteroatoms. The number of aliphatic hydroxyl groups is 5. The maximum atomic E-state index is 10.7. The van der Waals surface area contributed by atoms with Crippen LogP contribution in [0.5, 0.6) is 0 Å². The number of hydrogen-bond donors (Lipinski definition) is 5. The molecule has 0 aromatic rings. The van der Waals surface area contributed by atoms with Crippen molar-refractivity contribution in [2.45, 2.75) is 30.5 Å². The van der Waals surface area contributed by atoms with Crippen molar-refractivity contribution in [1.29, 1.82) is 0 Å². The predicted octanol–water partition coefficient (Wildman–Crippen LogP) is -3.65. The number of aliphatic hydroxyl groups excluding tert-OH is 5. The molecule has 7 nitrogen and oxygen atoms in total. The second kappa shape index (κ2) is 4.20. The van der Waals surface area contributed by atoms with Crippen LogP contribution in [0.2, 0.25) is 0 Å². The van der Waals surface area contributed by atoms with Crippen LogP contribution in [0, 0.1) is 0 Å². The molecular formula is C7H12O7. The average Bonchev–Trinajstić information content (AvgIpc) is 2.43. The van der Waals surface area contributed by atoms with Gasteiger partial charge in [-0.1, -0.05) is 0 Å². The van der Waals surface area contributed by atoms with Gasteiger partial charge in [0.25, 0.3) is 0 Å². The summed E-state index contributed by atoms with van der Waals surface area (Å²) < 4.78 is 4.41. The fourth-order valence-electron chi connectivity index (χ4n) is 1.19. The summed E-state index contributed by atoms with van der Waals surface area (Å²) in [6.07, 6.45) is -7.90. The van der Waals surface area contributed by atoms with E-state index < -0.39 is 43.1 Å². The lowest BCUT2D eigenvalue weighted by Crippen LogP contribution is -2.46. The first-order valence-electron chi connectivity index (χ1n) is 4.02. The zero-order valence-corrected chi connectivity index (χ0v) is 7.15. The molecule has 2 unspecified atom stereocenters. The molecular weight excluding hydrogens is 196 g/mol. The standard InChI is InChI=1S/C7H12O7/c8-1-2(9)3(10)6-4(11)5(12)7(13)14-6/h2-6,8-12H,1H2/t2-,3+,4?,5?,6+/m1/s1. The Morgan fingerprint density at radius 2 is 1.93 bits per heavy atom. The van der Waals surface area contributed by atoms with E-state index in [9.17, 15) is 15.0 Å². The van der Waals surface area contributed by atoms with Crippen LogP contribution in [0.3, 0.4) is 0 Å². The van der Waals surface area contributed by atoms with Gasteiger partial charge in [-0.05, 0) is 0 Å². The lowest BCUT2D eigenvalue weighted by atomic mass is 10.0. The van der Waals surface area contributed by atoms with Crippen molar-refractivity contribution in [3.05, 3.63) is 0 Å². The minimum atomic E-state index is -1.72. The molecule has 82 valence electrons. The fraction of sp³-hybridized carbons (Fsp3) is 0.857.